The Morgan fingerprint density at radius 2 is 1.31 bits per heavy atom. The summed E-state index contributed by atoms with van der Waals surface area (Å²) in [5.74, 6) is 1.10. The fourth-order valence-electron chi connectivity index (χ4n) is 3.31. The molecule has 0 aliphatic heterocycles. The van der Waals surface area contributed by atoms with E-state index in [2.05, 4.69) is 66.7 Å². The standard InChI is InChI=1S/C23H20N2O/c1-16(2)18-12-6-9-15-21(18)23-22(24-25-26-23)20-14-8-7-13-19(20)17-10-4-3-5-11-17/h3-16H,1-2H3. The summed E-state index contributed by atoms with van der Waals surface area (Å²) < 4.78 is 5.63. The minimum atomic E-state index is 0.383. The normalized spacial score (nSPS) is 11.0. The number of benzene rings is 3. The van der Waals surface area contributed by atoms with Gasteiger partial charge in [-0.05, 0) is 22.6 Å². The molecule has 1 aromatic heterocycles. The van der Waals surface area contributed by atoms with Gasteiger partial charge in [-0.3, -0.25) is 0 Å². The molecule has 4 rings (SSSR count). The van der Waals surface area contributed by atoms with Gasteiger partial charge in [0.15, 0.2) is 5.76 Å². The van der Waals surface area contributed by atoms with Crippen molar-refractivity contribution in [3.05, 3.63) is 84.4 Å². The average Bonchev–Trinajstić information content (AvgIpc) is 3.18. The Kier molecular flexibility index (Phi) is 4.36. The second kappa shape index (κ2) is 6.96. The van der Waals surface area contributed by atoms with E-state index >= 15 is 0 Å². The molecule has 0 bridgehead atoms. The van der Waals surface area contributed by atoms with Crippen LogP contribution in [-0.2, 0) is 0 Å². The van der Waals surface area contributed by atoms with Crippen LogP contribution in [0.15, 0.2) is 83.4 Å². The van der Waals surface area contributed by atoms with E-state index in [0.717, 1.165) is 33.7 Å². The van der Waals surface area contributed by atoms with Crippen molar-refractivity contribution in [1.29, 1.82) is 0 Å². The van der Waals surface area contributed by atoms with Crippen molar-refractivity contribution >= 4 is 0 Å². The highest BCUT2D eigenvalue weighted by Crippen LogP contribution is 2.38. The summed E-state index contributed by atoms with van der Waals surface area (Å²) in [5, 5.41) is 8.22. The highest BCUT2D eigenvalue weighted by atomic mass is 16.5. The van der Waals surface area contributed by atoms with E-state index in [1.165, 1.54) is 5.56 Å². The molecule has 0 N–H and O–H groups in total. The van der Waals surface area contributed by atoms with Gasteiger partial charge in [0.05, 0.1) is 0 Å². The maximum atomic E-state index is 5.63. The number of rotatable bonds is 4. The second-order valence-corrected chi connectivity index (χ2v) is 6.60. The van der Waals surface area contributed by atoms with Gasteiger partial charge in [0.25, 0.3) is 0 Å². The van der Waals surface area contributed by atoms with Crippen LogP contribution < -0.4 is 0 Å². The van der Waals surface area contributed by atoms with E-state index in [1.54, 1.807) is 0 Å². The molecule has 0 spiro atoms. The van der Waals surface area contributed by atoms with Crippen LogP contribution in [0.3, 0.4) is 0 Å². The smallest absolute Gasteiger partial charge is 0.195 e. The molecule has 0 unspecified atom stereocenters. The largest absolute Gasteiger partial charge is 0.336 e. The number of hydrogen-bond acceptors (Lipinski definition) is 3. The molecule has 4 aromatic rings. The number of aromatic nitrogens is 2. The number of nitrogens with zero attached hydrogens (tertiary/aromatic N) is 2. The Labute approximate surface area is 153 Å². The van der Waals surface area contributed by atoms with Gasteiger partial charge in [-0.15, -0.1) is 5.10 Å². The molecule has 26 heavy (non-hydrogen) atoms. The predicted octanol–water partition coefficient (Wildman–Crippen LogP) is 6.19. The van der Waals surface area contributed by atoms with Crippen molar-refractivity contribution in [1.82, 2.24) is 10.4 Å². The van der Waals surface area contributed by atoms with Crippen molar-refractivity contribution in [2.45, 2.75) is 19.8 Å². The van der Waals surface area contributed by atoms with E-state index in [1.807, 2.05) is 36.4 Å². The maximum Gasteiger partial charge on any atom is 0.195 e. The fourth-order valence-corrected chi connectivity index (χ4v) is 3.31. The van der Waals surface area contributed by atoms with Crippen LogP contribution >= 0.6 is 0 Å². The lowest BCUT2D eigenvalue weighted by Gasteiger charge is -2.12. The predicted molar refractivity (Wildman–Crippen MR) is 105 cm³/mol. The Balaban J connectivity index is 1.91. The molecule has 0 atom stereocenters. The third-order valence-electron chi connectivity index (χ3n) is 4.58. The molecule has 0 saturated heterocycles. The SMILES string of the molecule is CC(C)c1ccccc1-c1onnc1-c1ccccc1-c1ccccc1. The van der Waals surface area contributed by atoms with Crippen LogP contribution in [0.2, 0.25) is 0 Å². The summed E-state index contributed by atoms with van der Waals surface area (Å²) in [4.78, 5) is 0. The van der Waals surface area contributed by atoms with Crippen LogP contribution in [-0.4, -0.2) is 10.4 Å². The van der Waals surface area contributed by atoms with E-state index in [9.17, 15) is 0 Å². The first-order valence-electron chi connectivity index (χ1n) is 8.82. The Morgan fingerprint density at radius 3 is 2.04 bits per heavy atom. The topological polar surface area (TPSA) is 38.9 Å². The minimum absolute atomic E-state index is 0.383. The highest BCUT2D eigenvalue weighted by Gasteiger charge is 2.20. The van der Waals surface area contributed by atoms with Gasteiger partial charge in [-0.2, -0.15) is 0 Å². The van der Waals surface area contributed by atoms with E-state index in [-0.39, 0.29) is 0 Å². The second-order valence-electron chi connectivity index (χ2n) is 6.60. The van der Waals surface area contributed by atoms with Gasteiger partial charge in [0.1, 0.15) is 5.69 Å². The summed E-state index contributed by atoms with van der Waals surface area (Å²) in [6, 6.07) is 26.9. The van der Waals surface area contributed by atoms with Crippen LogP contribution in [0.25, 0.3) is 33.7 Å². The summed E-state index contributed by atoms with van der Waals surface area (Å²) >= 11 is 0. The molecular weight excluding hydrogens is 320 g/mol. The van der Waals surface area contributed by atoms with Crippen molar-refractivity contribution in [3.8, 4) is 33.7 Å². The lowest BCUT2D eigenvalue weighted by molar-refractivity contribution is 0.403. The quantitative estimate of drug-likeness (QED) is 0.444. The van der Waals surface area contributed by atoms with E-state index in [4.69, 9.17) is 4.52 Å². The summed E-state index contributed by atoms with van der Waals surface area (Å²) in [6.45, 7) is 4.36. The molecular formula is C23H20N2O. The Hall–Kier alpha value is -3.20. The van der Waals surface area contributed by atoms with E-state index in [0.29, 0.717) is 5.92 Å². The summed E-state index contributed by atoms with van der Waals surface area (Å²) in [7, 11) is 0. The van der Waals surface area contributed by atoms with Crippen molar-refractivity contribution in [3.63, 3.8) is 0 Å². The van der Waals surface area contributed by atoms with Crippen molar-refractivity contribution in [2.24, 2.45) is 0 Å². The van der Waals surface area contributed by atoms with Crippen LogP contribution in [0.4, 0.5) is 0 Å². The molecule has 1 heterocycles. The van der Waals surface area contributed by atoms with Gasteiger partial charge >= 0.3 is 0 Å². The zero-order chi connectivity index (χ0) is 17.9. The molecule has 3 aromatic carbocycles. The highest BCUT2D eigenvalue weighted by molar-refractivity contribution is 5.88. The van der Waals surface area contributed by atoms with Crippen LogP contribution in [0.1, 0.15) is 25.3 Å². The lowest BCUT2D eigenvalue weighted by atomic mass is 9.92. The lowest BCUT2D eigenvalue weighted by Crippen LogP contribution is -1.93. The minimum Gasteiger partial charge on any atom is -0.336 e. The van der Waals surface area contributed by atoms with Gasteiger partial charge in [-0.25, -0.2) is 0 Å². The molecule has 0 amide bonds. The van der Waals surface area contributed by atoms with Crippen molar-refractivity contribution < 1.29 is 4.52 Å². The monoisotopic (exact) mass is 340 g/mol. The maximum absolute atomic E-state index is 5.63. The van der Waals surface area contributed by atoms with Crippen LogP contribution in [0.5, 0.6) is 0 Å². The first kappa shape index (κ1) is 16.3. The van der Waals surface area contributed by atoms with E-state index < -0.39 is 0 Å². The third kappa shape index (κ3) is 2.92. The molecule has 0 radical (unpaired) electrons. The van der Waals surface area contributed by atoms with Crippen molar-refractivity contribution in [2.75, 3.05) is 0 Å². The summed E-state index contributed by atoms with van der Waals surface area (Å²) in [6.07, 6.45) is 0. The molecule has 128 valence electrons. The Morgan fingerprint density at radius 1 is 0.692 bits per heavy atom. The average molecular weight is 340 g/mol. The Bertz CT molecular complexity index is 1020. The molecule has 0 fully saturated rings. The first-order chi connectivity index (χ1) is 12.8. The first-order valence-corrected chi connectivity index (χ1v) is 8.82. The van der Waals surface area contributed by atoms with Gasteiger partial charge in [0, 0.05) is 16.4 Å². The zero-order valence-corrected chi connectivity index (χ0v) is 14.9. The van der Waals surface area contributed by atoms with Gasteiger partial charge in [-0.1, -0.05) is 92.7 Å². The molecule has 0 aliphatic rings. The third-order valence-corrected chi connectivity index (χ3v) is 4.58. The fraction of sp³-hybridized carbons (Fsp3) is 0.130. The van der Waals surface area contributed by atoms with Gasteiger partial charge in [0.2, 0.25) is 0 Å². The number of hydrogen-bond donors (Lipinski definition) is 0. The van der Waals surface area contributed by atoms with Crippen LogP contribution in [0, 0.1) is 0 Å². The summed E-state index contributed by atoms with van der Waals surface area (Å²) in [5.41, 5.74) is 6.34. The zero-order valence-electron chi connectivity index (χ0n) is 14.9. The molecule has 3 heteroatoms. The molecule has 3 nitrogen and oxygen atoms in total. The molecule has 0 aliphatic carbocycles. The molecule has 0 saturated carbocycles. The van der Waals surface area contributed by atoms with Gasteiger partial charge < -0.3 is 4.52 Å².